The van der Waals surface area contributed by atoms with Crippen molar-refractivity contribution in [1.82, 2.24) is 15.1 Å². The van der Waals surface area contributed by atoms with Crippen LogP contribution in [0.25, 0.3) is 11.4 Å². The van der Waals surface area contributed by atoms with E-state index < -0.39 is 16.8 Å². The van der Waals surface area contributed by atoms with Gasteiger partial charge in [-0.1, -0.05) is 5.16 Å². The van der Waals surface area contributed by atoms with Crippen molar-refractivity contribution in [3.63, 3.8) is 0 Å². The molecule has 134 valence electrons. The van der Waals surface area contributed by atoms with Crippen LogP contribution in [-0.2, 0) is 22.0 Å². The highest BCUT2D eigenvalue weighted by Crippen LogP contribution is 2.14. The number of rotatable bonds is 7. The van der Waals surface area contributed by atoms with Crippen LogP contribution in [0, 0.1) is 0 Å². The Labute approximate surface area is 152 Å². The molecule has 0 N–H and O–H groups in total. The molecule has 0 aliphatic rings. The van der Waals surface area contributed by atoms with Crippen LogP contribution < -0.4 is 0 Å². The highest BCUT2D eigenvalue weighted by Gasteiger charge is 2.10. The number of carbonyl (C=O) groups excluding carboxylic acids is 1. The van der Waals surface area contributed by atoms with E-state index in [1.807, 2.05) is 6.07 Å². The summed E-state index contributed by atoms with van der Waals surface area (Å²) in [6.07, 6.45) is 6.00. The monoisotopic (exact) mass is 371 g/mol. The smallest absolute Gasteiger partial charge is 0.338 e. The van der Waals surface area contributed by atoms with E-state index >= 15 is 0 Å². The molecule has 2 aromatic heterocycles. The molecule has 3 rings (SSSR count). The van der Waals surface area contributed by atoms with Crippen LogP contribution >= 0.6 is 0 Å². The minimum Gasteiger partial charge on any atom is -0.462 e. The fourth-order valence-electron chi connectivity index (χ4n) is 2.22. The van der Waals surface area contributed by atoms with Gasteiger partial charge in [0, 0.05) is 46.3 Å². The molecule has 3 aromatic rings. The van der Waals surface area contributed by atoms with Gasteiger partial charge in [-0.3, -0.25) is 9.19 Å². The van der Waals surface area contributed by atoms with Crippen LogP contribution in [0.5, 0.6) is 0 Å². The molecule has 0 aliphatic heterocycles. The number of pyridine rings is 1. The maximum atomic E-state index is 12.0. The van der Waals surface area contributed by atoms with Gasteiger partial charge in [-0.15, -0.1) is 0 Å². The topological polar surface area (TPSA) is 95.2 Å². The molecule has 1 atom stereocenters. The number of aromatic nitrogens is 3. The number of nitrogens with zero attached hydrogens (tertiary/aromatic N) is 3. The van der Waals surface area contributed by atoms with Crippen LogP contribution in [0.2, 0.25) is 0 Å². The number of carbonyl (C=O) groups is 1. The van der Waals surface area contributed by atoms with Crippen molar-refractivity contribution in [3.8, 4) is 11.4 Å². The summed E-state index contributed by atoms with van der Waals surface area (Å²) in [4.78, 5) is 20.9. The van der Waals surface area contributed by atoms with E-state index in [1.54, 1.807) is 49.0 Å². The lowest BCUT2D eigenvalue weighted by Crippen LogP contribution is -2.07. The van der Waals surface area contributed by atoms with Gasteiger partial charge in [-0.2, -0.15) is 4.98 Å². The van der Waals surface area contributed by atoms with Crippen molar-refractivity contribution in [3.05, 3.63) is 60.2 Å². The van der Waals surface area contributed by atoms with E-state index in [0.29, 0.717) is 35.0 Å². The second-order valence-electron chi connectivity index (χ2n) is 5.47. The van der Waals surface area contributed by atoms with Gasteiger partial charge in [0.15, 0.2) is 0 Å². The lowest BCUT2D eigenvalue weighted by Gasteiger charge is -2.04. The van der Waals surface area contributed by atoms with E-state index in [9.17, 15) is 9.00 Å². The van der Waals surface area contributed by atoms with E-state index in [0.717, 1.165) is 5.56 Å². The van der Waals surface area contributed by atoms with Gasteiger partial charge in [0.1, 0.15) is 0 Å². The molecule has 1 aromatic carbocycles. The first-order chi connectivity index (χ1) is 12.6. The quantitative estimate of drug-likeness (QED) is 0.465. The van der Waals surface area contributed by atoms with E-state index in [1.165, 1.54) is 0 Å². The minimum absolute atomic E-state index is 0.241. The average Bonchev–Trinajstić information content (AvgIpc) is 3.15. The summed E-state index contributed by atoms with van der Waals surface area (Å²) in [6.45, 7) is 0.241. The fraction of sp³-hybridized carbons (Fsp3) is 0.222. The molecule has 7 nitrogen and oxygen atoms in total. The van der Waals surface area contributed by atoms with E-state index in [2.05, 4.69) is 15.1 Å². The van der Waals surface area contributed by atoms with Gasteiger partial charge in [0.25, 0.3) is 0 Å². The summed E-state index contributed by atoms with van der Waals surface area (Å²) in [5.41, 5.74) is 1.21. The summed E-state index contributed by atoms with van der Waals surface area (Å²) in [6, 6.07) is 10.2. The van der Waals surface area contributed by atoms with Gasteiger partial charge in [0.2, 0.25) is 11.7 Å². The van der Waals surface area contributed by atoms with E-state index in [4.69, 9.17) is 9.26 Å². The highest BCUT2D eigenvalue weighted by molar-refractivity contribution is 7.84. The van der Waals surface area contributed by atoms with Crippen LogP contribution in [0.1, 0.15) is 22.7 Å². The van der Waals surface area contributed by atoms with Gasteiger partial charge in [0.05, 0.1) is 12.2 Å². The van der Waals surface area contributed by atoms with Crippen molar-refractivity contribution in [2.45, 2.75) is 17.7 Å². The Hall–Kier alpha value is -2.87. The molecule has 0 radical (unpaired) electrons. The first-order valence-electron chi connectivity index (χ1n) is 7.97. The number of esters is 1. The van der Waals surface area contributed by atoms with Crippen LogP contribution in [0.3, 0.4) is 0 Å². The zero-order valence-electron chi connectivity index (χ0n) is 14.1. The lowest BCUT2D eigenvalue weighted by atomic mass is 10.2. The van der Waals surface area contributed by atoms with Crippen LogP contribution in [0.15, 0.2) is 58.2 Å². The highest BCUT2D eigenvalue weighted by atomic mass is 32.2. The standard InChI is InChI=1S/C18H17N3O4S/c1-26(23)15-8-6-13(7-9-15)18(22)24-11-3-5-16-20-17(21-25-16)14-4-2-10-19-12-14/h2,4,6-10,12H,3,5,11H2,1H3. The molecule has 0 fully saturated rings. The molecule has 0 bridgehead atoms. The average molecular weight is 371 g/mol. The number of hydrogen-bond donors (Lipinski definition) is 0. The molecule has 2 heterocycles. The summed E-state index contributed by atoms with van der Waals surface area (Å²) in [7, 11) is -1.07. The second-order valence-corrected chi connectivity index (χ2v) is 6.85. The number of hydrogen-bond acceptors (Lipinski definition) is 7. The second kappa shape index (κ2) is 8.48. The normalized spacial score (nSPS) is 11.9. The molecule has 0 spiro atoms. The van der Waals surface area contributed by atoms with Crippen LogP contribution in [-0.4, -0.2) is 38.2 Å². The van der Waals surface area contributed by atoms with E-state index in [-0.39, 0.29) is 6.61 Å². The van der Waals surface area contributed by atoms with Crippen molar-refractivity contribution in [2.75, 3.05) is 12.9 Å². The van der Waals surface area contributed by atoms with Crippen molar-refractivity contribution in [1.29, 1.82) is 0 Å². The third-order valence-electron chi connectivity index (χ3n) is 3.58. The van der Waals surface area contributed by atoms with Gasteiger partial charge in [-0.05, 0) is 42.8 Å². The third kappa shape index (κ3) is 4.60. The van der Waals surface area contributed by atoms with Crippen molar-refractivity contribution >= 4 is 16.8 Å². The predicted molar refractivity (Wildman–Crippen MR) is 94.9 cm³/mol. The molecule has 26 heavy (non-hydrogen) atoms. The Bertz CT molecular complexity index is 894. The molecule has 8 heteroatoms. The molecule has 0 saturated heterocycles. The molecule has 0 saturated carbocycles. The summed E-state index contributed by atoms with van der Waals surface area (Å²) in [5.74, 6) is 0.549. The number of aryl methyl sites for hydroxylation is 1. The molecule has 1 unspecified atom stereocenters. The Morgan fingerprint density at radius 2 is 2.04 bits per heavy atom. The minimum atomic E-state index is -1.07. The summed E-state index contributed by atoms with van der Waals surface area (Å²) >= 11 is 0. The number of benzene rings is 1. The van der Waals surface area contributed by atoms with Crippen molar-refractivity contribution < 1.29 is 18.3 Å². The summed E-state index contributed by atoms with van der Waals surface area (Å²) < 4.78 is 21.8. The Morgan fingerprint density at radius 3 is 2.73 bits per heavy atom. The Morgan fingerprint density at radius 1 is 1.23 bits per heavy atom. The first-order valence-corrected chi connectivity index (χ1v) is 9.53. The van der Waals surface area contributed by atoms with Gasteiger partial charge < -0.3 is 9.26 Å². The number of ether oxygens (including phenoxy) is 1. The predicted octanol–water partition coefficient (Wildman–Crippen LogP) is 2.66. The fourth-order valence-corrected chi connectivity index (χ4v) is 2.74. The Kier molecular flexibility index (Phi) is 5.85. The van der Waals surface area contributed by atoms with Crippen molar-refractivity contribution in [2.24, 2.45) is 0 Å². The molecular weight excluding hydrogens is 354 g/mol. The third-order valence-corrected chi connectivity index (χ3v) is 4.51. The SMILES string of the molecule is CS(=O)c1ccc(C(=O)OCCCc2nc(-c3cccnc3)no2)cc1. The maximum Gasteiger partial charge on any atom is 0.338 e. The molecule has 0 aliphatic carbocycles. The van der Waals surface area contributed by atoms with Gasteiger partial charge >= 0.3 is 5.97 Å². The lowest BCUT2D eigenvalue weighted by molar-refractivity contribution is 0.0498. The first kappa shape index (κ1) is 17.9. The molecular formula is C18H17N3O4S. The zero-order chi connectivity index (χ0) is 18.4. The zero-order valence-corrected chi connectivity index (χ0v) is 14.9. The molecule has 0 amide bonds. The largest absolute Gasteiger partial charge is 0.462 e. The Balaban J connectivity index is 1.46. The summed E-state index contributed by atoms with van der Waals surface area (Å²) in [5, 5.41) is 3.91. The van der Waals surface area contributed by atoms with Crippen LogP contribution in [0.4, 0.5) is 0 Å². The van der Waals surface area contributed by atoms with Gasteiger partial charge in [-0.25, -0.2) is 4.79 Å². The maximum absolute atomic E-state index is 12.0.